The molecule has 86 valence electrons. The summed E-state index contributed by atoms with van der Waals surface area (Å²) < 4.78 is 0. The van der Waals surface area contributed by atoms with Crippen molar-refractivity contribution in [3.05, 3.63) is 22.8 Å². The fourth-order valence-corrected chi connectivity index (χ4v) is 2.43. The lowest BCUT2D eigenvalue weighted by Gasteiger charge is -2.32. The predicted octanol–water partition coefficient (Wildman–Crippen LogP) is 3.70. The largest absolute Gasteiger partial charge is 0.392 e. The lowest BCUT2D eigenvalue weighted by atomic mass is 9.73. The zero-order chi connectivity index (χ0) is 11.6. The molecule has 1 N–H and O–H groups in total. The van der Waals surface area contributed by atoms with Gasteiger partial charge in [0, 0.05) is 0 Å². The highest BCUT2D eigenvalue weighted by molar-refractivity contribution is 5.38. The van der Waals surface area contributed by atoms with E-state index in [1.165, 1.54) is 16.7 Å². The SMILES string of the molecule is CCC1CC(C)=CC(C(C)(C)C)=C1CO. The lowest BCUT2D eigenvalue weighted by molar-refractivity contribution is 0.302. The summed E-state index contributed by atoms with van der Waals surface area (Å²) in [7, 11) is 0. The van der Waals surface area contributed by atoms with E-state index in [4.69, 9.17) is 0 Å². The van der Waals surface area contributed by atoms with Gasteiger partial charge in [-0.1, -0.05) is 39.3 Å². The van der Waals surface area contributed by atoms with Crippen LogP contribution in [-0.2, 0) is 0 Å². The third kappa shape index (κ3) is 2.72. The number of hydrogen-bond acceptors (Lipinski definition) is 1. The molecule has 0 saturated carbocycles. The fraction of sp³-hybridized carbons (Fsp3) is 0.714. The molecule has 1 aliphatic carbocycles. The molecule has 0 aromatic rings. The van der Waals surface area contributed by atoms with Crippen molar-refractivity contribution in [2.24, 2.45) is 11.3 Å². The van der Waals surface area contributed by atoms with Crippen LogP contribution in [0, 0.1) is 11.3 Å². The van der Waals surface area contributed by atoms with E-state index in [1.807, 2.05) is 0 Å². The minimum atomic E-state index is 0.146. The molecule has 0 aliphatic heterocycles. The van der Waals surface area contributed by atoms with Crippen LogP contribution in [0.1, 0.15) is 47.5 Å². The average molecular weight is 208 g/mol. The average Bonchev–Trinajstić information content (AvgIpc) is 2.15. The molecule has 0 bridgehead atoms. The highest BCUT2D eigenvalue weighted by Gasteiger charge is 2.26. The van der Waals surface area contributed by atoms with Gasteiger partial charge in [-0.3, -0.25) is 0 Å². The van der Waals surface area contributed by atoms with E-state index < -0.39 is 0 Å². The predicted molar refractivity (Wildman–Crippen MR) is 65.7 cm³/mol. The first-order chi connectivity index (χ1) is 6.90. The summed E-state index contributed by atoms with van der Waals surface area (Å²) in [6.45, 7) is 11.3. The fourth-order valence-electron chi connectivity index (χ4n) is 2.43. The maximum atomic E-state index is 9.53. The topological polar surface area (TPSA) is 20.2 Å². The van der Waals surface area contributed by atoms with Crippen molar-refractivity contribution >= 4 is 0 Å². The van der Waals surface area contributed by atoms with Crippen LogP contribution in [0.25, 0.3) is 0 Å². The van der Waals surface area contributed by atoms with Gasteiger partial charge in [0.25, 0.3) is 0 Å². The van der Waals surface area contributed by atoms with Crippen molar-refractivity contribution in [2.45, 2.75) is 47.5 Å². The molecule has 0 amide bonds. The highest BCUT2D eigenvalue weighted by atomic mass is 16.3. The summed E-state index contributed by atoms with van der Waals surface area (Å²) in [6, 6.07) is 0. The Bertz CT molecular complexity index is 289. The summed E-state index contributed by atoms with van der Waals surface area (Å²) in [5.74, 6) is 0.550. The Morgan fingerprint density at radius 1 is 1.40 bits per heavy atom. The molecule has 1 unspecified atom stereocenters. The highest BCUT2D eigenvalue weighted by Crippen LogP contribution is 2.39. The first-order valence-electron chi connectivity index (χ1n) is 5.91. The van der Waals surface area contributed by atoms with Crippen LogP contribution >= 0.6 is 0 Å². The zero-order valence-electron chi connectivity index (χ0n) is 10.7. The molecule has 0 spiro atoms. The molecule has 0 aromatic carbocycles. The summed E-state index contributed by atoms with van der Waals surface area (Å²) in [5, 5.41) is 9.53. The molecule has 1 nitrogen and oxygen atoms in total. The van der Waals surface area contributed by atoms with E-state index in [9.17, 15) is 5.11 Å². The molecule has 1 heteroatoms. The van der Waals surface area contributed by atoms with Crippen molar-refractivity contribution in [3.8, 4) is 0 Å². The van der Waals surface area contributed by atoms with Gasteiger partial charge in [-0.15, -0.1) is 0 Å². The van der Waals surface area contributed by atoms with E-state index >= 15 is 0 Å². The van der Waals surface area contributed by atoms with Crippen molar-refractivity contribution in [1.82, 2.24) is 0 Å². The van der Waals surface area contributed by atoms with E-state index in [0.29, 0.717) is 5.92 Å². The Kier molecular flexibility index (Phi) is 3.77. The van der Waals surface area contributed by atoms with Gasteiger partial charge in [0.2, 0.25) is 0 Å². The molecule has 0 fully saturated rings. The number of aliphatic hydroxyl groups excluding tert-OH is 1. The van der Waals surface area contributed by atoms with Crippen LogP contribution in [-0.4, -0.2) is 11.7 Å². The van der Waals surface area contributed by atoms with Crippen LogP contribution < -0.4 is 0 Å². The number of allylic oxidation sites excluding steroid dienone is 3. The molecule has 0 heterocycles. The van der Waals surface area contributed by atoms with Crippen LogP contribution in [0.15, 0.2) is 22.8 Å². The number of hydrogen-bond donors (Lipinski definition) is 1. The summed E-state index contributed by atoms with van der Waals surface area (Å²) in [6.07, 6.45) is 4.52. The van der Waals surface area contributed by atoms with Gasteiger partial charge in [0.05, 0.1) is 6.61 Å². The summed E-state index contributed by atoms with van der Waals surface area (Å²) in [5.41, 5.74) is 4.20. The van der Waals surface area contributed by atoms with Crippen molar-refractivity contribution in [2.75, 3.05) is 6.61 Å². The molecule has 0 radical (unpaired) electrons. The van der Waals surface area contributed by atoms with E-state index in [1.54, 1.807) is 0 Å². The molecular formula is C14H24O. The maximum absolute atomic E-state index is 9.53. The molecule has 0 saturated heterocycles. The van der Waals surface area contributed by atoms with Crippen molar-refractivity contribution in [1.29, 1.82) is 0 Å². The minimum absolute atomic E-state index is 0.146. The van der Waals surface area contributed by atoms with Crippen LogP contribution in [0.2, 0.25) is 0 Å². The van der Waals surface area contributed by atoms with Gasteiger partial charge >= 0.3 is 0 Å². The molecule has 0 aromatic heterocycles. The molecule has 1 atom stereocenters. The van der Waals surface area contributed by atoms with Crippen molar-refractivity contribution < 1.29 is 5.11 Å². The van der Waals surface area contributed by atoms with E-state index in [2.05, 4.69) is 40.7 Å². The van der Waals surface area contributed by atoms with Gasteiger partial charge < -0.3 is 5.11 Å². The van der Waals surface area contributed by atoms with E-state index in [-0.39, 0.29) is 12.0 Å². The Labute approximate surface area is 93.9 Å². The minimum Gasteiger partial charge on any atom is -0.392 e. The second-order valence-electron chi connectivity index (χ2n) is 5.65. The van der Waals surface area contributed by atoms with E-state index in [0.717, 1.165) is 12.8 Å². The normalized spacial score (nSPS) is 23.1. The molecule has 15 heavy (non-hydrogen) atoms. The second-order valence-corrected chi connectivity index (χ2v) is 5.65. The number of aliphatic hydroxyl groups is 1. The zero-order valence-corrected chi connectivity index (χ0v) is 10.7. The number of rotatable bonds is 2. The summed E-state index contributed by atoms with van der Waals surface area (Å²) >= 11 is 0. The monoisotopic (exact) mass is 208 g/mol. The summed E-state index contributed by atoms with van der Waals surface area (Å²) in [4.78, 5) is 0. The molecule has 1 rings (SSSR count). The van der Waals surface area contributed by atoms with Gasteiger partial charge in [-0.25, -0.2) is 0 Å². The van der Waals surface area contributed by atoms with Gasteiger partial charge in [-0.2, -0.15) is 0 Å². The van der Waals surface area contributed by atoms with Gasteiger partial charge in [0.1, 0.15) is 0 Å². The quantitative estimate of drug-likeness (QED) is 0.733. The van der Waals surface area contributed by atoms with Crippen molar-refractivity contribution in [3.63, 3.8) is 0 Å². The van der Waals surface area contributed by atoms with Crippen LogP contribution in [0.3, 0.4) is 0 Å². The van der Waals surface area contributed by atoms with Crippen LogP contribution in [0.5, 0.6) is 0 Å². The maximum Gasteiger partial charge on any atom is 0.0650 e. The first-order valence-corrected chi connectivity index (χ1v) is 5.91. The smallest absolute Gasteiger partial charge is 0.0650 e. The molecule has 1 aliphatic rings. The van der Waals surface area contributed by atoms with Crippen LogP contribution in [0.4, 0.5) is 0 Å². The third-order valence-electron chi connectivity index (χ3n) is 3.27. The first kappa shape index (κ1) is 12.5. The Morgan fingerprint density at radius 3 is 2.40 bits per heavy atom. The Hall–Kier alpha value is -0.560. The Balaban J connectivity index is 3.19. The standard InChI is InChI=1S/C14H24O/c1-6-11-7-10(2)8-13(12(11)9-15)14(3,4)5/h8,11,15H,6-7,9H2,1-5H3. The molecular weight excluding hydrogens is 184 g/mol. The Morgan fingerprint density at radius 2 is 2.00 bits per heavy atom. The second kappa shape index (κ2) is 4.52. The lowest BCUT2D eigenvalue weighted by Crippen LogP contribution is -2.21. The van der Waals surface area contributed by atoms with Gasteiger partial charge in [0.15, 0.2) is 0 Å². The third-order valence-corrected chi connectivity index (χ3v) is 3.27. The van der Waals surface area contributed by atoms with Gasteiger partial charge in [-0.05, 0) is 42.2 Å².